The minimum atomic E-state index is 0. The van der Waals surface area contributed by atoms with E-state index in [9.17, 15) is 0 Å². The second-order valence-corrected chi connectivity index (χ2v) is 7.41. The summed E-state index contributed by atoms with van der Waals surface area (Å²) in [5.74, 6) is 0. The topological polar surface area (TPSA) is 9.72 Å². The molecule has 0 aliphatic carbocycles. The first kappa shape index (κ1) is 33.4. The van der Waals surface area contributed by atoms with Crippen LogP contribution in [0.1, 0.15) is 41.5 Å². The summed E-state index contributed by atoms with van der Waals surface area (Å²) in [7, 11) is 0. The Bertz CT molecular complexity index is 294. The fourth-order valence-corrected chi connectivity index (χ4v) is 2.99. The van der Waals surface area contributed by atoms with E-state index in [-0.39, 0.29) is 16.8 Å². The molecule has 0 saturated heterocycles. The Morgan fingerprint density at radius 1 is 0.520 bits per heavy atom. The van der Waals surface area contributed by atoms with E-state index in [2.05, 4.69) is 0 Å². The van der Waals surface area contributed by atoms with Crippen molar-refractivity contribution in [1.29, 1.82) is 0 Å². The van der Waals surface area contributed by atoms with Gasteiger partial charge in [-0.1, -0.05) is 13.0 Å². The minimum Gasteiger partial charge on any atom is -0.411 e. The van der Waals surface area contributed by atoms with Gasteiger partial charge in [-0.15, -0.1) is 0 Å². The van der Waals surface area contributed by atoms with Crippen LogP contribution in [0.5, 0.6) is 0 Å². The number of nitrogens with zero attached hydrogens (tertiary/aromatic N) is 3. The average Bonchev–Trinajstić information content (AvgIpc) is 2.51. The van der Waals surface area contributed by atoms with Gasteiger partial charge in [0, 0.05) is 39.3 Å². The van der Waals surface area contributed by atoms with E-state index < -0.39 is 0 Å². The maximum absolute atomic E-state index is 4.76. The summed E-state index contributed by atoms with van der Waals surface area (Å²) in [5, 5.41) is 0. The van der Waals surface area contributed by atoms with Crippen molar-refractivity contribution in [2.75, 3.05) is 39.3 Å². The van der Waals surface area contributed by atoms with Crippen molar-refractivity contribution < 1.29 is 16.8 Å². The largest absolute Gasteiger partial charge is 3.00 e. The van der Waals surface area contributed by atoms with Gasteiger partial charge >= 0.3 is 16.8 Å². The van der Waals surface area contributed by atoms with Gasteiger partial charge in [-0.05, 0) is 41.5 Å². The van der Waals surface area contributed by atoms with Crippen molar-refractivity contribution in [1.82, 2.24) is 14.7 Å². The molecule has 0 aliphatic rings. The molecule has 0 radical (unpaired) electrons. The quantitative estimate of drug-likeness (QED) is 0.395. The van der Waals surface area contributed by atoms with E-state index >= 15 is 0 Å². The summed E-state index contributed by atoms with van der Waals surface area (Å²) in [4.78, 5) is 5.89. The summed E-state index contributed by atoms with van der Waals surface area (Å²) >= 11 is 28.5. The SMILES string of the molecule is CCN(CC)C(=S)[S-].CCN(CC)C(=S)[S-].CCN(CC)C(=S)[S-].[Co+3]. The van der Waals surface area contributed by atoms with E-state index in [0.717, 1.165) is 39.3 Å². The summed E-state index contributed by atoms with van der Waals surface area (Å²) in [6.45, 7) is 17.8. The van der Waals surface area contributed by atoms with E-state index in [1.165, 1.54) is 0 Å². The predicted molar refractivity (Wildman–Crippen MR) is 129 cm³/mol. The first-order chi connectivity index (χ1) is 11.2. The maximum atomic E-state index is 4.76. The zero-order chi connectivity index (χ0) is 19.7. The molecule has 0 atom stereocenters. The molecule has 150 valence electrons. The predicted octanol–water partition coefficient (Wildman–Crippen LogP) is 3.48. The van der Waals surface area contributed by atoms with Gasteiger partial charge in [-0.25, -0.2) is 0 Å². The van der Waals surface area contributed by atoms with Crippen molar-refractivity contribution in [2.45, 2.75) is 41.5 Å². The Hall–Kier alpha value is 0.836. The Morgan fingerprint density at radius 2 is 0.640 bits per heavy atom. The molecule has 0 N–H and O–H groups in total. The Balaban J connectivity index is -0.000000130. The molecule has 0 rings (SSSR count). The molecule has 25 heavy (non-hydrogen) atoms. The van der Waals surface area contributed by atoms with Crippen molar-refractivity contribution in [2.24, 2.45) is 0 Å². The summed E-state index contributed by atoms with van der Waals surface area (Å²) < 4.78 is 1.74. The van der Waals surface area contributed by atoms with Crippen LogP contribution in [0.15, 0.2) is 0 Å². The molecule has 10 heteroatoms. The Kier molecular flexibility index (Phi) is 30.6. The number of hydrogen-bond acceptors (Lipinski definition) is 6. The van der Waals surface area contributed by atoms with Crippen LogP contribution in [0.3, 0.4) is 0 Å². The molecule has 0 fully saturated rings. The van der Waals surface area contributed by atoms with Crippen LogP contribution in [-0.4, -0.2) is 66.9 Å². The van der Waals surface area contributed by atoms with Crippen molar-refractivity contribution in [3.8, 4) is 0 Å². The van der Waals surface area contributed by atoms with E-state index in [4.69, 9.17) is 74.5 Å². The van der Waals surface area contributed by atoms with Crippen LogP contribution in [-0.2, 0) is 54.7 Å². The smallest absolute Gasteiger partial charge is 0.411 e. The molecule has 3 nitrogen and oxygen atoms in total. The summed E-state index contributed by atoms with van der Waals surface area (Å²) in [6, 6.07) is 0. The van der Waals surface area contributed by atoms with Crippen LogP contribution >= 0.6 is 36.7 Å². The molecule has 0 aromatic carbocycles. The third-order valence-electron chi connectivity index (χ3n) is 3.06. The van der Waals surface area contributed by atoms with Crippen molar-refractivity contribution in [3.05, 3.63) is 0 Å². The third kappa shape index (κ3) is 21.0. The monoisotopic (exact) mass is 503 g/mol. The molecule has 0 spiro atoms. The van der Waals surface area contributed by atoms with E-state index in [0.29, 0.717) is 13.0 Å². The van der Waals surface area contributed by atoms with Crippen molar-refractivity contribution in [3.63, 3.8) is 0 Å². The van der Waals surface area contributed by atoms with Gasteiger partial charge in [0.15, 0.2) is 0 Å². The summed E-state index contributed by atoms with van der Waals surface area (Å²) in [5.41, 5.74) is 0. The van der Waals surface area contributed by atoms with Crippen LogP contribution in [0.25, 0.3) is 0 Å². The number of hydrogen-bond donors (Lipinski definition) is 0. The normalized spacial score (nSPS) is 8.40. The second kappa shape index (κ2) is 22.9. The van der Waals surface area contributed by atoms with E-state index in [1.54, 1.807) is 0 Å². The fourth-order valence-electron chi connectivity index (χ4n) is 1.45. The minimum absolute atomic E-state index is 0. The molecule has 0 saturated carbocycles. The Morgan fingerprint density at radius 3 is 0.640 bits per heavy atom. The average molecular weight is 504 g/mol. The molecule has 0 unspecified atom stereocenters. The van der Waals surface area contributed by atoms with Gasteiger partial charge in [0.1, 0.15) is 0 Å². The third-order valence-corrected chi connectivity index (χ3v) is 4.61. The van der Waals surface area contributed by atoms with Gasteiger partial charge in [-0.2, -0.15) is 0 Å². The van der Waals surface area contributed by atoms with Gasteiger partial charge in [0.25, 0.3) is 0 Å². The second-order valence-electron chi connectivity index (χ2n) is 4.31. The molecule has 0 aromatic rings. The Labute approximate surface area is 198 Å². The van der Waals surface area contributed by atoms with Crippen LogP contribution in [0.2, 0.25) is 0 Å². The molecule has 0 aromatic heterocycles. The van der Waals surface area contributed by atoms with Gasteiger partial charge in [0.05, 0.1) is 0 Å². The molecule has 0 aliphatic heterocycles. The van der Waals surface area contributed by atoms with E-state index in [1.807, 2.05) is 56.2 Å². The standard InChI is InChI=1S/3C5H11NS2.Co/c3*1-3-6(4-2)5(7)8;/h3*3-4H2,1-2H3,(H,7,8);/q;;;+3/p-3. The van der Waals surface area contributed by atoms with Gasteiger partial charge in [0.2, 0.25) is 0 Å². The fraction of sp³-hybridized carbons (Fsp3) is 0.800. The molecule has 0 heterocycles. The van der Waals surface area contributed by atoms with Crippen molar-refractivity contribution >= 4 is 87.5 Å². The van der Waals surface area contributed by atoms with Gasteiger partial charge < -0.3 is 89.2 Å². The molecular weight excluding hydrogens is 474 g/mol. The molecule has 0 amide bonds. The van der Waals surface area contributed by atoms with Crippen LogP contribution < -0.4 is 0 Å². The zero-order valence-electron chi connectivity index (χ0n) is 15.9. The first-order valence-electron chi connectivity index (χ1n) is 8.04. The van der Waals surface area contributed by atoms with Crippen LogP contribution in [0, 0.1) is 0 Å². The number of rotatable bonds is 6. The number of thiocarbonyl (C=S) groups is 3. The molecule has 0 bridgehead atoms. The molecular formula is C15H30CoN3S6. The summed E-state index contributed by atoms with van der Waals surface area (Å²) in [6.07, 6.45) is 0. The van der Waals surface area contributed by atoms with Crippen LogP contribution in [0.4, 0.5) is 0 Å². The maximum Gasteiger partial charge on any atom is 3.00 e. The van der Waals surface area contributed by atoms with Gasteiger partial charge in [-0.3, -0.25) is 0 Å². The zero-order valence-corrected chi connectivity index (χ0v) is 21.8. The first-order valence-corrected chi connectivity index (χ1v) is 10.5.